The van der Waals surface area contributed by atoms with Gasteiger partial charge in [-0.15, -0.1) is 10.2 Å². The summed E-state index contributed by atoms with van der Waals surface area (Å²) in [6.45, 7) is 2.00. The molecule has 0 unspecified atom stereocenters. The van der Waals surface area contributed by atoms with Crippen molar-refractivity contribution in [1.29, 1.82) is 0 Å². The van der Waals surface area contributed by atoms with E-state index >= 15 is 0 Å². The van der Waals surface area contributed by atoms with Gasteiger partial charge in [-0.3, -0.25) is 4.57 Å². The van der Waals surface area contributed by atoms with E-state index in [1.54, 1.807) is 0 Å². The highest BCUT2D eigenvalue weighted by Gasteiger charge is 2.31. The van der Waals surface area contributed by atoms with Crippen molar-refractivity contribution in [3.05, 3.63) is 70.5 Å². The lowest BCUT2D eigenvalue weighted by molar-refractivity contribution is 0.414. The summed E-state index contributed by atoms with van der Waals surface area (Å²) in [5, 5.41) is 16.9. The number of fused-ring (bicyclic) bond motifs is 3. The first-order chi connectivity index (χ1) is 13.7. The van der Waals surface area contributed by atoms with Gasteiger partial charge in [0.05, 0.1) is 11.7 Å². The minimum absolute atomic E-state index is 0.340. The van der Waals surface area contributed by atoms with E-state index in [1.165, 1.54) is 19.3 Å². The summed E-state index contributed by atoms with van der Waals surface area (Å²) in [6, 6.07) is 16.6. The van der Waals surface area contributed by atoms with Crippen molar-refractivity contribution in [2.75, 3.05) is 5.01 Å². The monoisotopic (exact) mass is 391 g/mol. The van der Waals surface area contributed by atoms with Crippen LogP contribution in [0.4, 0.5) is 5.95 Å². The Hall–Kier alpha value is -2.66. The van der Waals surface area contributed by atoms with Crippen molar-refractivity contribution in [2.24, 2.45) is 5.10 Å². The normalized spacial score (nSPS) is 16.9. The SMILES string of the molecule is Cc1nnc2n1-c1ccccc1C(c1ccc(Cl)cc1)=NN2C1CCCCC1. The van der Waals surface area contributed by atoms with Crippen molar-refractivity contribution in [2.45, 2.75) is 45.1 Å². The number of halogens is 1. The Morgan fingerprint density at radius 3 is 2.46 bits per heavy atom. The van der Waals surface area contributed by atoms with Crippen LogP contribution in [0.2, 0.25) is 5.02 Å². The fourth-order valence-corrected chi connectivity index (χ4v) is 4.37. The minimum Gasteiger partial charge on any atom is -0.263 e. The first kappa shape index (κ1) is 17.4. The smallest absolute Gasteiger partial charge is 0.252 e. The predicted octanol–water partition coefficient (Wildman–Crippen LogP) is 5.13. The maximum atomic E-state index is 6.14. The maximum Gasteiger partial charge on any atom is 0.252 e. The number of rotatable bonds is 2. The van der Waals surface area contributed by atoms with Crippen molar-refractivity contribution < 1.29 is 0 Å². The second-order valence-electron chi connectivity index (χ2n) is 7.49. The van der Waals surface area contributed by atoms with Crippen LogP contribution in [0.15, 0.2) is 53.6 Å². The summed E-state index contributed by atoms with van der Waals surface area (Å²) in [7, 11) is 0. The Kier molecular flexibility index (Phi) is 4.40. The van der Waals surface area contributed by atoms with Crippen LogP contribution >= 0.6 is 11.6 Å². The molecule has 28 heavy (non-hydrogen) atoms. The van der Waals surface area contributed by atoms with E-state index in [-0.39, 0.29) is 0 Å². The number of nitrogens with zero attached hydrogens (tertiary/aromatic N) is 5. The van der Waals surface area contributed by atoms with Crippen LogP contribution in [-0.2, 0) is 0 Å². The van der Waals surface area contributed by atoms with Gasteiger partial charge in [0, 0.05) is 16.1 Å². The van der Waals surface area contributed by atoms with Gasteiger partial charge in [0.25, 0.3) is 5.95 Å². The van der Waals surface area contributed by atoms with Gasteiger partial charge in [0.2, 0.25) is 0 Å². The number of para-hydroxylation sites is 1. The Morgan fingerprint density at radius 2 is 1.68 bits per heavy atom. The van der Waals surface area contributed by atoms with E-state index in [4.69, 9.17) is 16.7 Å². The lowest BCUT2D eigenvalue weighted by Gasteiger charge is -2.30. The van der Waals surface area contributed by atoms with Crippen LogP contribution in [0, 0.1) is 6.92 Å². The Morgan fingerprint density at radius 1 is 0.929 bits per heavy atom. The van der Waals surface area contributed by atoms with E-state index in [9.17, 15) is 0 Å². The highest BCUT2D eigenvalue weighted by atomic mass is 35.5. The molecule has 0 radical (unpaired) electrons. The van der Waals surface area contributed by atoms with E-state index in [0.29, 0.717) is 6.04 Å². The van der Waals surface area contributed by atoms with Crippen LogP contribution in [0.25, 0.3) is 5.69 Å². The Labute approximate surface area is 169 Å². The molecule has 1 saturated carbocycles. The number of hydrazone groups is 1. The lowest BCUT2D eigenvalue weighted by Crippen LogP contribution is -2.34. The number of hydrogen-bond donors (Lipinski definition) is 0. The van der Waals surface area contributed by atoms with Crippen LogP contribution in [0.3, 0.4) is 0 Å². The second-order valence-corrected chi connectivity index (χ2v) is 7.93. The molecule has 2 aromatic carbocycles. The summed E-state index contributed by atoms with van der Waals surface area (Å²) in [5.41, 5.74) is 4.14. The topological polar surface area (TPSA) is 46.3 Å². The quantitative estimate of drug-likeness (QED) is 0.608. The largest absolute Gasteiger partial charge is 0.263 e. The zero-order chi connectivity index (χ0) is 19.1. The molecule has 5 rings (SSSR count). The molecular formula is C22H22ClN5. The molecule has 0 N–H and O–H groups in total. The summed E-state index contributed by atoms with van der Waals surface area (Å²) in [6.07, 6.45) is 6.00. The van der Waals surface area contributed by atoms with Gasteiger partial charge in [0.15, 0.2) is 0 Å². The first-order valence-corrected chi connectivity index (χ1v) is 10.3. The molecule has 1 aliphatic heterocycles. The van der Waals surface area contributed by atoms with Gasteiger partial charge in [0.1, 0.15) is 11.5 Å². The molecule has 0 bridgehead atoms. The first-order valence-electron chi connectivity index (χ1n) is 9.88. The molecule has 0 spiro atoms. The zero-order valence-electron chi connectivity index (χ0n) is 15.8. The summed E-state index contributed by atoms with van der Waals surface area (Å²) in [4.78, 5) is 0. The molecule has 2 heterocycles. The fraction of sp³-hybridized carbons (Fsp3) is 0.318. The highest BCUT2D eigenvalue weighted by Crippen LogP contribution is 2.34. The third-order valence-electron chi connectivity index (χ3n) is 5.66. The summed E-state index contributed by atoms with van der Waals surface area (Å²) >= 11 is 6.14. The third kappa shape index (κ3) is 2.90. The molecule has 6 heteroatoms. The van der Waals surface area contributed by atoms with Gasteiger partial charge < -0.3 is 0 Å². The minimum atomic E-state index is 0.340. The lowest BCUT2D eigenvalue weighted by atomic mass is 9.95. The molecule has 1 aliphatic carbocycles. The van der Waals surface area contributed by atoms with Crippen LogP contribution in [0.5, 0.6) is 0 Å². The van der Waals surface area contributed by atoms with Gasteiger partial charge in [-0.25, -0.2) is 5.01 Å². The standard InChI is InChI=1S/C22H22ClN5/c1-15-24-25-22-27(15)20-10-6-5-9-19(20)21(16-11-13-17(23)14-12-16)26-28(22)18-7-3-2-4-8-18/h5-6,9-14,18H,2-4,7-8H2,1H3. The van der Waals surface area contributed by atoms with E-state index in [1.807, 2.05) is 31.2 Å². The van der Waals surface area contributed by atoms with Gasteiger partial charge in [-0.05, 0) is 38.0 Å². The molecule has 1 fully saturated rings. The molecule has 142 valence electrons. The van der Waals surface area contributed by atoms with Gasteiger partial charge in [-0.2, -0.15) is 5.10 Å². The Bertz CT molecular complexity index is 1030. The predicted molar refractivity (Wildman–Crippen MR) is 113 cm³/mol. The maximum absolute atomic E-state index is 6.14. The zero-order valence-corrected chi connectivity index (χ0v) is 16.6. The number of aryl methyl sites for hydroxylation is 1. The molecular weight excluding hydrogens is 370 g/mol. The molecule has 3 aromatic rings. The molecule has 0 atom stereocenters. The molecule has 0 saturated heterocycles. The molecule has 1 aromatic heterocycles. The average molecular weight is 392 g/mol. The molecule has 0 amide bonds. The summed E-state index contributed by atoms with van der Waals surface area (Å²) in [5.74, 6) is 1.68. The van der Waals surface area contributed by atoms with E-state index in [2.05, 4.69) is 44.0 Å². The van der Waals surface area contributed by atoms with Gasteiger partial charge in [-0.1, -0.05) is 61.2 Å². The number of benzene rings is 2. The molecule has 2 aliphatic rings. The van der Waals surface area contributed by atoms with E-state index in [0.717, 1.165) is 52.2 Å². The van der Waals surface area contributed by atoms with Crippen molar-refractivity contribution in [3.8, 4) is 5.69 Å². The van der Waals surface area contributed by atoms with E-state index < -0.39 is 0 Å². The van der Waals surface area contributed by atoms with Crippen LogP contribution in [0.1, 0.15) is 49.1 Å². The third-order valence-corrected chi connectivity index (χ3v) is 5.91. The van der Waals surface area contributed by atoms with Crippen LogP contribution in [-0.4, -0.2) is 26.5 Å². The number of anilines is 1. The number of hydrogen-bond acceptors (Lipinski definition) is 4. The molecule has 5 nitrogen and oxygen atoms in total. The summed E-state index contributed by atoms with van der Waals surface area (Å²) < 4.78 is 2.14. The van der Waals surface area contributed by atoms with Crippen molar-refractivity contribution in [1.82, 2.24) is 14.8 Å². The van der Waals surface area contributed by atoms with Crippen LogP contribution < -0.4 is 5.01 Å². The van der Waals surface area contributed by atoms with Crippen molar-refractivity contribution >= 4 is 23.3 Å². The van der Waals surface area contributed by atoms with Gasteiger partial charge >= 0.3 is 0 Å². The Balaban J connectivity index is 1.75. The van der Waals surface area contributed by atoms with Crippen molar-refractivity contribution in [3.63, 3.8) is 0 Å². The fourth-order valence-electron chi connectivity index (χ4n) is 4.25. The highest BCUT2D eigenvalue weighted by molar-refractivity contribution is 6.30. The number of aromatic nitrogens is 3. The average Bonchev–Trinajstić information content (AvgIpc) is 3.04. The second kappa shape index (κ2) is 7.06.